The number of carbonyl (C=O) groups is 1. The lowest BCUT2D eigenvalue weighted by Gasteiger charge is -2.10. The van der Waals surface area contributed by atoms with E-state index in [1.807, 2.05) is 31.1 Å². The number of aliphatic carboxylic acids is 1. The van der Waals surface area contributed by atoms with Crippen LogP contribution in [0.5, 0.6) is 0 Å². The van der Waals surface area contributed by atoms with Crippen molar-refractivity contribution in [3.8, 4) is 22.7 Å². The first kappa shape index (κ1) is 17.0. The molecule has 0 aliphatic rings. The maximum absolute atomic E-state index is 11.1. The fourth-order valence-corrected chi connectivity index (χ4v) is 2.47. The average Bonchev–Trinajstić information content (AvgIpc) is 2.98. The fourth-order valence-electron chi connectivity index (χ4n) is 2.34. The van der Waals surface area contributed by atoms with Crippen LogP contribution in [0.15, 0.2) is 47.0 Å². The molecule has 6 nitrogen and oxygen atoms in total. The summed E-state index contributed by atoms with van der Waals surface area (Å²) in [6.07, 6.45) is 1.39. The Balaban J connectivity index is 2.03. The molecule has 0 unspecified atom stereocenters. The van der Waals surface area contributed by atoms with Crippen molar-refractivity contribution in [2.45, 2.75) is 6.42 Å². The zero-order valence-electron chi connectivity index (χ0n) is 13.7. The first-order valence-corrected chi connectivity index (χ1v) is 7.93. The van der Waals surface area contributed by atoms with Gasteiger partial charge < -0.3 is 14.4 Å². The molecule has 2 aromatic heterocycles. The van der Waals surface area contributed by atoms with E-state index in [2.05, 4.69) is 9.97 Å². The van der Waals surface area contributed by atoms with Crippen LogP contribution in [0.3, 0.4) is 0 Å². The van der Waals surface area contributed by atoms with Crippen LogP contribution in [0.1, 0.15) is 5.76 Å². The molecule has 1 N–H and O–H groups in total. The maximum atomic E-state index is 11.1. The van der Waals surface area contributed by atoms with Crippen molar-refractivity contribution in [1.82, 2.24) is 9.97 Å². The van der Waals surface area contributed by atoms with E-state index in [4.69, 9.17) is 21.1 Å². The van der Waals surface area contributed by atoms with Gasteiger partial charge in [-0.1, -0.05) is 23.7 Å². The van der Waals surface area contributed by atoms with Crippen LogP contribution < -0.4 is 4.90 Å². The van der Waals surface area contributed by atoms with Gasteiger partial charge in [-0.2, -0.15) is 0 Å². The summed E-state index contributed by atoms with van der Waals surface area (Å²) >= 11 is 5.91. The Kier molecular flexibility index (Phi) is 4.72. The van der Waals surface area contributed by atoms with E-state index in [9.17, 15) is 4.79 Å². The molecule has 0 spiro atoms. The van der Waals surface area contributed by atoms with Crippen molar-refractivity contribution in [2.24, 2.45) is 0 Å². The molecule has 0 aliphatic carbocycles. The summed E-state index contributed by atoms with van der Waals surface area (Å²) in [4.78, 5) is 21.8. The Hall–Kier alpha value is -2.86. The Bertz CT molecular complexity index is 887. The van der Waals surface area contributed by atoms with Crippen molar-refractivity contribution in [1.29, 1.82) is 0 Å². The molecule has 0 saturated carbocycles. The number of aromatic nitrogens is 2. The molecular weight excluding hydrogens is 342 g/mol. The van der Waals surface area contributed by atoms with E-state index >= 15 is 0 Å². The smallest absolute Gasteiger partial charge is 0.311 e. The predicted molar refractivity (Wildman–Crippen MR) is 95.8 cm³/mol. The third kappa shape index (κ3) is 3.80. The summed E-state index contributed by atoms with van der Waals surface area (Å²) in [7, 11) is 3.80. The number of hydrogen-bond donors (Lipinski definition) is 1. The lowest BCUT2D eigenvalue weighted by atomic mass is 10.1. The first-order chi connectivity index (χ1) is 11.9. The maximum Gasteiger partial charge on any atom is 0.311 e. The molecule has 0 aliphatic heterocycles. The predicted octanol–water partition coefficient (Wildman–Crippen LogP) is 3.75. The number of oxazole rings is 1. The number of pyridine rings is 1. The summed E-state index contributed by atoms with van der Waals surface area (Å²) in [5.41, 5.74) is 1.91. The van der Waals surface area contributed by atoms with Crippen LogP contribution in [0.2, 0.25) is 5.02 Å². The summed E-state index contributed by atoms with van der Waals surface area (Å²) in [6, 6.07) is 10.7. The monoisotopic (exact) mass is 357 g/mol. The van der Waals surface area contributed by atoms with Crippen LogP contribution in [-0.4, -0.2) is 35.1 Å². The van der Waals surface area contributed by atoms with Crippen molar-refractivity contribution >= 4 is 23.4 Å². The van der Waals surface area contributed by atoms with Crippen LogP contribution in [-0.2, 0) is 11.2 Å². The molecule has 0 radical (unpaired) electrons. The number of nitrogens with zero attached hydrogens (tertiary/aromatic N) is 3. The quantitative estimate of drug-likeness (QED) is 0.749. The topological polar surface area (TPSA) is 79.5 Å². The zero-order valence-corrected chi connectivity index (χ0v) is 14.5. The van der Waals surface area contributed by atoms with E-state index in [0.29, 0.717) is 27.9 Å². The second-order valence-corrected chi connectivity index (χ2v) is 6.10. The Morgan fingerprint density at radius 1 is 1.16 bits per heavy atom. The average molecular weight is 358 g/mol. The highest BCUT2D eigenvalue weighted by molar-refractivity contribution is 6.30. The number of hydrogen-bond acceptors (Lipinski definition) is 5. The van der Waals surface area contributed by atoms with E-state index in [1.165, 1.54) is 0 Å². The molecular formula is C18H16ClN3O3. The van der Waals surface area contributed by atoms with Gasteiger partial charge in [0.2, 0.25) is 5.89 Å². The van der Waals surface area contributed by atoms with Crippen LogP contribution in [0.25, 0.3) is 22.7 Å². The number of rotatable bonds is 5. The number of carboxylic acids is 1. The van der Waals surface area contributed by atoms with Gasteiger partial charge >= 0.3 is 5.97 Å². The van der Waals surface area contributed by atoms with Crippen LogP contribution >= 0.6 is 11.6 Å². The normalized spacial score (nSPS) is 10.7. The Labute approximate surface area is 149 Å². The van der Waals surface area contributed by atoms with Gasteiger partial charge in [0.15, 0.2) is 0 Å². The van der Waals surface area contributed by atoms with Crippen LogP contribution in [0, 0.1) is 0 Å². The van der Waals surface area contributed by atoms with Crippen LogP contribution in [0.4, 0.5) is 5.82 Å². The van der Waals surface area contributed by atoms with Gasteiger partial charge in [-0.25, -0.2) is 9.97 Å². The lowest BCUT2D eigenvalue weighted by molar-refractivity contribution is -0.136. The van der Waals surface area contributed by atoms with E-state index in [0.717, 1.165) is 11.4 Å². The molecule has 0 bridgehead atoms. The molecule has 25 heavy (non-hydrogen) atoms. The van der Waals surface area contributed by atoms with E-state index < -0.39 is 5.97 Å². The van der Waals surface area contributed by atoms with Gasteiger partial charge in [0, 0.05) is 30.9 Å². The van der Waals surface area contributed by atoms with Gasteiger partial charge in [0.25, 0.3) is 0 Å². The van der Waals surface area contributed by atoms with Gasteiger partial charge in [-0.3, -0.25) is 4.79 Å². The number of anilines is 1. The van der Waals surface area contributed by atoms with Gasteiger partial charge in [-0.15, -0.1) is 0 Å². The highest BCUT2D eigenvalue weighted by Gasteiger charge is 2.19. The van der Waals surface area contributed by atoms with Gasteiger partial charge in [0.05, 0.1) is 5.56 Å². The first-order valence-electron chi connectivity index (χ1n) is 7.55. The number of halogens is 1. The second kappa shape index (κ2) is 6.94. The minimum atomic E-state index is -0.987. The summed E-state index contributed by atoms with van der Waals surface area (Å²) < 4.78 is 5.72. The van der Waals surface area contributed by atoms with Crippen molar-refractivity contribution in [2.75, 3.05) is 19.0 Å². The Morgan fingerprint density at radius 3 is 2.40 bits per heavy atom. The third-order valence-electron chi connectivity index (χ3n) is 3.58. The molecule has 7 heteroatoms. The molecule has 3 aromatic rings. The zero-order chi connectivity index (χ0) is 18.0. The van der Waals surface area contributed by atoms with E-state index in [1.54, 1.807) is 30.5 Å². The summed E-state index contributed by atoms with van der Waals surface area (Å²) in [6.45, 7) is 0. The SMILES string of the molecule is CN(C)c1ccc(-c2nc(-c3ccc(Cl)cc3)c(CC(=O)O)o2)cn1. The molecule has 1 aromatic carbocycles. The van der Waals surface area contributed by atoms with Gasteiger partial charge in [-0.05, 0) is 24.3 Å². The molecule has 0 fully saturated rings. The fraction of sp³-hybridized carbons (Fsp3) is 0.167. The number of carboxylic acid groups (broad SMARTS) is 1. The molecule has 0 atom stereocenters. The Morgan fingerprint density at radius 2 is 1.84 bits per heavy atom. The summed E-state index contributed by atoms with van der Waals surface area (Å²) in [5, 5.41) is 9.73. The van der Waals surface area contributed by atoms with Crippen molar-refractivity contribution in [3.63, 3.8) is 0 Å². The van der Waals surface area contributed by atoms with Crippen molar-refractivity contribution < 1.29 is 14.3 Å². The van der Waals surface area contributed by atoms with Gasteiger partial charge in [0.1, 0.15) is 23.7 Å². The minimum absolute atomic E-state index is 0.256. The minimum Gasteiger partial charge on any atom is -0.481 e. The molecule has 128 valence electrons. The highest BCUT2D eigenvalue weighted by Crippen LogP contribution is 2.30. The standard InChI is InChI=1S/C18H16ClN3O3/c1-22(2)15-8-5-12(10-20-15)18-21-17(14(25-18)9-16(23)24)11-3-6-13(19)7-4-11/h3-8,10H,9H2,1-2H3,(H,23,24). The number of benzene rings is 1. The second-order valence-electron chi connectivity index (χ2n) is 5.67. The lowest BCUT2D eigenvalue weighted by Crippen LogP contribution is -2.09. The molecule has 2 heterocycles. The van der Waals surface area contributed by atoms with E-state index in [-0.39, 0.29) is 6.42 Å². The summed E-state index contributed by atoms with van der Waals surface area (Å²) in [5.74, 6) is 0.443. The molecule has 3 rings (SSSR count). The van der Waals surface area contributed by atoms with Crippen molar-refractivity contribution in [3.05, 3.63) is 53.4 Å². The third-order valence-corrected chi connectivity index (χ3v) is 3.83. The molecule has 0 amide bonds. The largest absolute Gasteiger partial charge is 0.481 e. The molecule has 0 saturated heterocycles. The highest BCUT2D eigenvalue weighted by atomic mass is 35.5.